The van der Waals surface area contributed by atoms with Gasteiger partial charge >= 0.3 is 0 Å². The molecule has 54 heavy (non-hydrogen) atoms. The van der Waals surface area contributed by atoms with E-state index in [4.69, 9.17) is 9.40 Å². The molecule has 1 unspecified atom stereocenters. The van der Waals surface area contributed by atoms with Gasteiger partial charge in [-0.2, -0.15) is 5.26 Å². The molecule has 0 bridgehead atoms. The number of oxazole rings is 1. The van der Waals surface area contributed by atoms with Crippen molar-refractivity contribution in [3.8, 4) is 17.9 Å². The number of amides is 2. The van der Waals surface area contributed by atoms with Crippen LogP contribution in [0.4, 0.5) is 5.13 Å². The maximum atomic E-state index is 13.5. The van der Waals surface area contributed by atoms with Crippen molar-refractivity contribution in [3.63, 3.8) is 0 Å². The van der Waals surface area contributed by atoms with Crippen molar-refractivity contribution in [2.45, 2.75) is 94.1 Å². The van der Waals surface area contributed by atoms with Gasteiger partial charge in [-0.05, 0) is 94.3 Å². The molecule has 1 N–H and O–H groups in total. The second-order valence-electron chi connectivity index (χ2n) is 15.1. The second-order valence-corrected chi connectivity index (χ2v) is 18.5. The zero-order valence-electron chi connectivity index (χ0n) is 31.2. The predicted octanol–water partition coefficient (Wildman–Crippen LogP) is 7.81. The van der Waals surface area contributed by atoms with Gasteiger partial charge < -0.3 is 14.6 Å². The molecular weight excluding hydrogens is 735 g/mol. The van der Waals surface area contributed by atoms with Crippen LogP contribution in [0.5, 0.6) is 0 Å². The van der Waals surface area contributed by atoms with Gasteiger partial charge in [0.05, 0.1) is 40.6 Å². The van der Waals surface area contributed by atoms with E-state index in [2.05, 4.69) is 71.0 Å². The summed E-state index contributed by atoms with van der Waals surface area (Å²) in [6, 6.07) is 8.23. The number of nitrogens with one attached hydrogen (secondary N) is 1. The van der Waals surface area contributed by atoms with Crippen LogP contribution in [0.2, 0.25) is 0 Å². The number of carbonyl (C=O) groups excluding carboxylic acids is 2. The Hall–Kier alpha value is -4.27. The van der Waals surface area contributed by atoms with Crippen molar-refractivity contribution in [1.29, 1.82) is 5.26 Å². The number of likely N-dealkylation sites (tertiary alicyclic amines) is 1. The molecule has 0 spiro atoms. The van der Waals surface area contributed by atoms with E-state index in [0.29, 0.717) is 36.3 Å². The average Bonchev–Trinajstić information content (AvgIpc) is 3.93. The summed E-state index contributed by atoms with van der Waals surface area (Å²) in [5.41, 5.74) is 4.42. The molecule has 3 aliphatic rings. The van der Waals surface area contributed by atoms with Gasteiger partial charge in [0.25, 0.3) is 5.91 Å². The molecule has 1 aliphatic carbocycles. The van der Waals surface area contributed by atoms with Crippen LogP contribution >= 0.6 is 34.4 Å². The first-order chi connectivity index (χ1) is 26.0. The van der Waals surface area contributed by atoms with E-state index < -0.39 is 0 Å². The van der Waals surface area contributed by atoms with Crippen LogP contribution < -0.4 is 5.32 Å². The Morgan fingerprint density at radius 3 is 2.67 bits per heavy atom. The van der Waals surface area contributed by atoms with E-state index in [9.17, 15) is 14.9 Å². The number of fused-ring (bicyclic) bond motifs is 2. The molecule has 2 amide bonds. The summed E-state index contributed by atoms with van der Waals surface area (Å²) in [5, 5.41) is 14.3. The van der Waals surface area contributed by atoms with Gasteiger partial charge in [-0.25, -0.2) is 15.0 Å². The topological polar surface area (TPSA) is 128 Å². The highest BCUT2D eigenvalue weighted by Gasteiger charge is 2.30. The third-order valence-corrected chi connectivity index (χ3v) is 13.5. The zero-order valence-corrected chi connectivity index (χ0v) is 33.7. The Morgan fingerprint density at radius 1 is 1.09 bits per heavy atom. The van der Waals surface area contributed by atoms with E-state index in [1.165, 1.54) is 28.2 Å². The smallest absolute Gasteiger partial charge is 0.265 e. The third-order valence-electron chi connectivity index (χ3n) is 10.3. The first-order valence-electron chi connectivity index (χ1n) is 18.6. The zero-order chi connectivity index (χ0) is 37.8. The average molecular weight is 780 g/mol. The number of piperidine rings is 1. The summed E-state index contributed by atoms with van der Waals surface area (Å²) >= 11 is 4.68. The molecule has 1 atom stereocenters. The molecule has 3 aromatic heterocycles. The standard InChI is InChI=1S/C41H45N7O3S3/c1-26-31-12-11-27(20-29(31)15-19-48(26)39(50)30(22-42)21-36-45-32-9-5-6-10-33(32)53-36)8-7-16-47-17-13-28(14-18-47)38(49)46-40-44-24-37(54-40)52-25-35-43-23-34(51-35)41(2,3)4/h11-12,20-21,23-24,26,28H,5-6,9-10,13-19,25H2,1-4H3,(H,44,46,49). The van der Waals surface area contributed by atoms with Crippen molar-refractivity contribution in [1.82, 2.24) is 24.8 Å². The van der Waals surface area contributed by atoms with E-state index >= 15 is 0 Å². The van der Waals surface area contributed by atoms with Crippen molar-refractivity contribution in [2.75, 3.05) is 31.5 Å². The lowest BCUT2D eigenvalue weighted by Gasteiger charge is -2.35. The van der Waals surface area contributed by atoms with Gasteiger partial charge in [0.15, 0.2) is 5.13 Å². The molecule has 4 aromatic rings. The Labute approximate surface area is 329 Å². The quantitative estimate of drug-likeness (QED) is 0.0825. The van der Waals surface area contributed by atoms with Crippen molar-refractivity contribution in [3.05, 3.63) is 80.1 Å². The number of hydrogen-bond donors (Lipinski definition) is 1. The summed E-state index contributed by atoms with van der Waals surface area (Å²) in [4.78, 5) is 45.5. The van der Waals surface area contributed by atoms with Gasteiger partial charge in [0.2, 0.25) is 11.8 Å². The molecule has 13 heteroatoms. The van der Waals surface area contributed by atoms with Gasteiger partial charge in [0.1, 0.15) is 22.4 Å². The molecule has 280 valence electrons. The van der Waals surface area contributed by atoms with E-state index in [-0.39, 0.29) is 34.8 Å². The third kappa shape index (κ3) is 8.98. The molecule has 10 nitrogen and oxygen atoms in total. The van der Waals surface area contributed by atoms with Crippen LogP contribution in [0.25, 0.3) is 6.08 Å². The number of nitrogens with zero attached hydrogens (tertiary/aromatic N) is 6. The summed E-state index contributed by atoms with van der Waals surface area (Å²) in [6.45, 7) is 11.1. The normalized spacial score (nSPS) is 17.9. The number of carbonyl (C=O) groups is 2. The number of rotatable bonds is 8. The Kier molecular flexibility index (Phi) is 11.7. The maximum Gasteiger partial charge on any atom is 0.265 e. The van der Waals surface area contributed by atoms with Crippen molar-refractivity contribution in [2.24, 2.45) is 5.92 Å². The van der Waals surface area contributed by atoms with Crippen LogP contribution in [-0.4, -0.2) is 62.7 Å². The fraction of sp³-hybridized carbons (Fsp3) is 0.463. The summed E-state index contributed by atoms with van der Waals surface area (Å²) < 4.78 is 6.89. The number of thiazole rings is 2. The number of hydrogen-bond acceptors (Lipinski definition) is 11. The summed E-state index contributed by atoms with van der Waals surface area (Å²) in [6.07, 6.45) is 11.8. The monoisotopic (exact) mass is 779 g/mol. The molecule has 0 saturated carbocycles. The van der Waals surface area contributed by atoms with E-state index in [1.54, 1.807) is 46.5 Å². The molecule has 5 heterocycles. The van der Waals surface area contributed by atoms with Crippen LogP contribution in [0.1, 0.15) is 103 Å². The molecule has 7 rings (SSSR count). The number of thioether (sulfide) groups is 1. The maximum absolute atomic E-state index is 13.5. The van der Waals surface area contributed by atoms with Crippen LogP contribution in [0, 0.1) is 29.1 Å². The van der Waals surface area contributed by atoms with E-state index in [1.807, 2.05) is 13.0 Å². The second kappa shape index (κ2) is 16.6. The molecule has 1 saturated heterocycles. The molecule has 1 fully saturated rings. The SMILES string of the molecule is CC1c2ccc(C#CCN3CCC(C(=O)Nc4ncc(SCc5ncc(C(C)(C)C)o5)s4)CC3)cc2CCN1C(=O)C(C#N)=Cc1nc2c(s1)CCCC2. The van der Waals surface area contributed by atoms with Gasteiger partial charge in [-0.3, -0.25) is 14.5 Å². The number of aryl methyl sites for hydroxylation is 2. The first-order valence-corrected chi connectivity index (χ1v) is 21.3. The minimum Gasteiger partial charge on any atom is -0.444 e. The highest BCUT2D eigenvalue weighted by Crippen LogP contribution is 2.34. The van der Waals surface area contributed by atoms with Crippen LogP contribution in [0.15, 0.2) is 44.8 Å². The van der Waals surface area contributed by atoms with Gasteiger partial charge in [-0.1, -0.05) is 50.0 Å². The summed E-state index contributed by atoms with van der Waals surface area (Å²) in [7, 11) is 0. The van der Waals surface area contributed by atoms with Crippen molar-refractivity contribution < 1.29 is 14.0 Å². The number of aromatic nitrogens is 3. The lowest BCUT2D eigenvalue weighted by molar-refractivity contribution is -0.129. The predicted molar refractivity (Wildman–Crippen MR) is 214 cm³/mol. The lowest BCUT2D eigenvalue weighted by Crippen LogP contribution is -2.39. The van der Waals surface area contributed by atoms with Crippen LogP contribution in [0.3, 0.4) is 0 Å². The van der Waals surface area contributed by atoms with Crippen molar-refractivity contribution >= 4 is 57.5 Å². The Morgan fingerprint density at radius 2 is 1.91 bits per heavy atom. The molecular formula is C41H45N7O3S3. The van der Waals surface area contributed by atoms with E-state index in [0.717, 1.165) is 77.0 Å². The molecule has 0 radical (unpaired) electrons. The molecule has 1 aromatic carbocycles. The van der Waals surface area contributed by atoms with Gasteiger partial charge in [0, 0.05) is 28.3 Å². The fourth-order valence-electron chi connectivity index (χ4n) is 7.10. The largest absolute Gasteiger partial charge is 0.444 e. The first kappa shape index (κ1) is 38.0. The highest BCUT2D eigenvalue weighted by atomic mass is 32.2. The summed E-state index contributed by atoms with van der Waals surface area (Å²) in [5.74, 6) is 8.57. The van der Waals surface area contributed by atoms with Gasteiger partial charge in [-0.15, -0.1) is 23.1 Å². The number of nitriles is 1. The lowest BCUT2D eigenvalue weighted by atomic mass is 9.91. The molecule has 2 aliphatic heterocycles. The van der Waals surface area contributed by atoms with Crippen LogP contribution in [-0.2, 0) is 40.0 Å². The minimum atomic E-state index is -0.241. The Balaban J connectivity index is 0.865. The fourth-order valence-corrected chi connectivity index (χ4v) is 9.92. The Bertz CT molecular complexity index is 2130. The minimum absolute atomic E-state index is 0.0236. The highest BCUT2D eigenvalue weighted by molar-refractivity contribution is 8.00. The number of benzene rings is 1. The number of anilines is 1.